The summed E-state index contributed by atoms with van der Waals surface area (Å²) < 4.78 is 18.9. The highest BCUT2D eigenvalue weighted by atomic mass is 19.1. The summed E-state index contributed by atoms with van der Waals surface area (Å²) in [5.74, 6) is 0.151. The van der Waals surface area contributed by atoms with Crippen LogP contribution >= 0.6 is 0 Å². The number of nitrogens with one attached hydrogen (secondary N) is 2. The number of halogens is 1. The Kier molecular flexibility index (Phi) is 7.21. The summed E-state index contributed by atoms with van der Waals surface area (Å²) in [6.45, 7) is 3.67. The first-order valence-corrected chi connectivity index (χ1v) is 8.64. The molecule has 0 aliphatic carbocycles. The molecule has 1 saturated heterocycles. The highest BCUT2D eigenvalue weighted by Gasteiger charge is 2.24. The number of carbonyl (C=O) groups is 1. The van der Waals surface area contributed by atoms with Gasteiger partial charge < -0.3 is 20.3 Å². The van der Waals surface area contributed by atoms with Crippen LogP contribution in [0.5, 0.6) is 0 Å². The summed E-state index contributed by atoms with van der Waals surface area (Å²) in [6.07, 6.45) is 1.29. The SMILES string of the molecule is CCOC(=O)N1CCC(NC(=NC)NCc2ccc(C#N)cc2F)CC1. The van der Waals surface area contributed by atoms with Crippen molar-refractivity contribution in [1.82, 2.24) is 15.5 Å². The Hall–Kier alpha value is -2.82. The molecule has 140 valence electrons. The Balaban J connectivity index is 1.82. The Morgan fingerprint density at radius 1 is 1.46 bits per heavy atom. The normalized spacial score (nSPS) is 15.3. The Morgan fingerprint density at radius 2 is 2.19 bits per heavy atom. The first-order valence-electron chi connectivity index (χ1n) is 8.64. The van der Waals surface area contributed by atoms with Gasteiger partial charge in [0.2, 0.25) is 0 Å². The monoisotopic (exact) mass is 361 g/mol. The van der Waals surface area contributed by atoms with Crippen LogP contribution in [-0.4, -0.2) is 49.7 Å². The molecule has 0 saturated carbocycles. The summed E-state index contributed by atoms with van der Waals surface area (Å²) in [5, 5.41) is 15.2. The minimum atomic E-state index is -0.422. The number of amides is 1. The maximum Gasteiger partial charge on any atom is 0.409 e. The molecule has 0 spiro atoms. The van der Waals surface area contributed by atoms with Gasteiger partial charge in [0.1, 0.15) is 5.82 Å². The number of ether oxygens (including phenoxy) is 1. The highest BCUT2D eigenvalue weighted by molar-refractivity contribution is 5.80. The van der Waals surface area contributed by atoms with Gasteiger partial charge in [-0.3, -0.25) is 4.99 Å². The van der Waals surface area contributed by atoms with Gasteiger partial charge in [-0.15, -0.1) is 0 Å². The molecule has 1 fully saturated rings. The van der Waals surface area contributed by atoms with Gasteiger partial charge in [0.15, 0.2) is 5.96 Å². The fourth-order valence-corrected chi connectivity index (χ4v) is 2.75. The Labute approximate surface area is 152 Å². The van der Waals surface area contributed by atoms with Crippen LogP contribution in [0.2, 0.25) is 0 Å². The molecule has 8 heteroatoms. The smallest absolute Gasteiger partial charge is 0.409 e. The fraction of sp³-hybridized carbons (Fsp3) is 0.500. The van der Waals surface area contributed by atoms with Crippen LogP contribution in [-0.2, 0) is 11.3 Å². The second-order valence-electron chi connectivity index (χ2n) is 5.95. The highest BCUT2D eigenvalue weighted by Crippen LogP contribution is 2.12. The van der Waals surface area contributed by atoms with Crippen LogP contribution in [0.25, 0.3) is 0 Å². The van der Waals surface area contributed by atoms with E-state index < -0.39 is 5.82 Å². The predicted octanol–water partition coefficient (Wildman–Crippen LogP) is 1.98. The van der Waals surface area contributed by atoms with Crippen molar-refractivity contribution in [2.45, 2.75) is 32.4 Å². The predicted molar refractivity (Wildman–Crippen MR) is 96.1 cm³/mol. The molecule has 1 aliphatic heterocycles. The Morgan fingerprint density at radius 3 is 2.77 bits per heavy atom. The molecule has 7 nitrogen and oxygen atoms in total. The topological polar surface area (TPSA) is 89.8 Å². The van der Waals surface area contributed by atoms with E-state index in [1.807, 2.05) is 6.07 Å². The lowest BCUT2D eigenvalue weighted by Crippen LogP contribution is -2.49. The summed E-state index contributed by atoms with van der Waals surface area (Å²) in [7, 11) is 1.65. The molecule has 26 heavy (non-hydrogen) atoms. The van der Waals surface area contributed by atoms with E-state index in [9.17, 15) is 9.18 Å². The lowest BCUT2D eigenvalue weighted by molar-refractivity contribution is 0.0963. The van der Waals surface area contributed by atoms with Crippen LogP contribution in [0.4, 0.5) is 9.18 Å². The van der Waals surface area contributed by atoms with E-state index in [-0.39, 0.29) is 18.7 Å². The standard InChI is InChI=1S/C18H24FN5O2/c1-3-26-18(25)24-8-6-15(7-9-24)23-17(21-2)22-12-14-5-4-13(11-20)10-16(14)19/h4-5,10,15H,3,6-9,12H2,1-2H3,(H2,21,22,23). The van der Waals surface area contributed by atoms with Gasteiger partial charge in [-0.25, -0.2) is 9.18 Å². The minimum Gasteiger partial charge on any atom is -0.450 e. The second-order valence-corrected chi connectivity index (χ2v) is 5.95. The van der Waals surface area contributed by atoms with Gasteiger partial charge in [0.25, 0.3) is 0 Å². The van der Waals surface area contributed by atoms with E-state index in [1.165, 1.54) is 6.07 Å². The minimum absolute atomic E-state index is 0.178. The van der Waals surface area contributed by atoms with Crippen LogP contribution in [0.1, 0.15) is 30.9 Å². The van der Waals surface area contributed by atoms with Crippen molar-refractivity contribution in [3.05, 3.63) is 35.1 Å². The number of guanidine groups is 1. The summed E-state index contributed by atoms with van der Waals surface area (Å²) in [6, 6.07) is 6.48. The van der Waals surface area contributed by atoms with Crippen molar-refractivity contribution < 1.29 is 13.9 Å². The number of carbonyl (C=O) groups excluding carboxylic acids is 1. The number of piperidine rings is 1. The van der Waals surface area contributed by atoms with E-state index in [4.69, 9.17) is 10.00 Å². The number of aliphatic imine (C=N–C) groups is 1. The maximum absolute atomic E-state index is 13.9. The van der Waals surface area contributed by atoms with Gasteiger partial charge in [-0.05, 0) is 31.9 Å². The third-order valence-electron chi connectivity index (χ3n) is 4.21. The summed E-state index contributed by atoms with van der Waals surface area (Å²) in [4.78, 5) is 17.6. The molecule has 0 radical (unpaired) electrons. The molecular formula is C18H24FN5O2. The van der Waals surface area contributed by atoms with Crippen molar-refractivity contribution in [3.63, 3.8) is 0 Å². The number of benzene rings is 1. The van der Waals surface area contributed by atoms with Crippen molar-refractivity contribution >= 4 is 12.1 Å². The molecular weight excluding hydrogens is 337 g/mol. The molecule has 2 N–H and O–H groups in total. The number of hydrogen-bond acceptors (Lipinski definition) is 4. The van der Waals surface area contributed by atoms with Gasteiger partial charge >= 0.3 is 6.09 Å². The molecule has 0 bridgehead atoms. The second kappa shape index (κ2) is 9.61. The van der Waals surface area contributed by atoms with Gasteiger partial charge in [0, 0.05) is 38.3 Å². The summed E-state index contributed by atoms with van der Waals surface area (Å²) >= 11 is 0. The summed E-state index contributed by atoms with van der Waals surface area (Å²) in [5.41, 5.74) is 0.756. The zero-order valence-electron chi connectivity index (χ0n) is 15.1. The number of hydrogen-bond donors (Lipinski definition) is 2. The molecule has 0 aromatic heterocycles. The molecule has 1 aromatic carbocycles. The quantitative estimate of drug-likeness (QED) is 0.632. The van der Waals surface area contributed by atoms with Gasteiger partial charge in [0.05, 0.1) is 18.2 Å². The van der Waals surface area contributed by atoms with Crippen LogP contribution in [0.3, 0.4) is 0 Å². The molecule has 1 aliphatic rings. The van der Waals surface area contributed by atoms with E-state index in [2.05, 4.69) is 15.6 Å². The molecule has 1 aromatic rings. The molecule has 0 unspecified atom stereocenters. The van der Waals surface area contributed by atoms with Crippen molar-refractivity contribution in [3.8, 4) is 6.07 Å². The van der Waals surface area contributed by atoms with E-state index in [1.54, 1.807) is 31.0 Å². The zero-order chi connectivity index (χ0) is 18.9. The molecule has 1 amide bonds. The molecule has 2 rings (SSSR count). The third kappa shape index (κ3) is 5.34. The third-order valence-corrected chi connectivity index (χ3v) is 4.21. The zero-order valence-corrected chi connectivity index (χ0v) is 15.1. The van der Waals surface area contributed by atoms with E-state index in [0.29, 0.717) is 36.8 Å². The molecule has 1 heterocycles. The largest absolute Gasteiger partial charge is 0.450 e. The lowest BCUT2D eigenvalue weighted by atomic mass is 10.1. The number of likely N-dealkylation sites (tertiary alicyclic amines) is 1. The number of rotatable bonds is 4. The van der Waals surface area contributed by atoms with E-state index in [0.717, 1.165) is 12.8 Å². The number of nitrogens with zero attached hydrogens (tertiary/aromatic N) is 3. The maximum atomic E-state index is 13.9. The van der Waals surface area contributed by atoms with Crippen LogP contribution in [0.15, 0.2) is 23.2 Å². The van der Waals surface area contributed by atoms with Crippen LogP contribution < -0.4 is 10.6 Å². The fourth-order valence-electron chi connectivity index (χ4n) is 2.75. The van der Waals surface area contributed by atoms with Crippen molar-refractivity contribution in [2.75, 3.05) is 26.7 Å². The van der Waals surface area contributed by atoms with Gasteiger partial charge in [-0.1, -0.05) is 6.07 Å². The Bertz CT molecular complexity index is 693. The van der Waals surface area contributed by atoms with Crippen molar-refractivity contribution in [2.24, 2.45) is 4.99 Å². The van der Waals surface area contributed by atoms with Crippen LogP contribution in [0, 0.1) is 17.1 Å². The van der Waals surface area contributed by atoms with Gasteiger partial charge in [-0.2, -0.15) is 5.26 Å². The molecule has 0 atom stereocenters. The van der Waals surface area contributed by atoms with E-state index >= 15 is 0 Å². The lowest BCUT2D eigenvalue weighted by Gasteiger charge is -2.32. The average molecular weight is 361 g/mol. The average Bonchev–Trinajstić information content (AvgIpc) is 2.66. The van der Waals surface area contributed by atoms with Crippen molar-refractivity contribution in [1.29, 1.82) is 5.26 Å². The first-order chi connectivity index (χ1) is 12.6. The number of nitriles is 1. The first kappa shape index (κ1) is 19.5.